The van der Waals surface area contributed by atoms with Gasteiger partial charge in [-0.05, 0) is 12.1 Å². The van der Waals surface area contributed by atoms with Crippen molar-refractivity contribution in [3.63, 3.8) is 0 Å². The Bertz CT molecular complexity index is 799. The molecule has 0 fully saturated rings. The van der Waals surface area contributed by atoms with Crippen LogP contribution in [0.5, 0.6) is 11.5 Å². The molecule has 2 N–H and O–H groups in total. The van der Waals surface area contributed by atoms with E-state index in [0.717, 1.165) is 0 Å². The summed E-state index contributed by atoms with van der Waals surface area (Å²) in [6, 6.07) is 8.37. The number of benzene rings is 2. The van der Waals surface area contributed by atoms with Gasteiger partial charge in [0.1, 0.15) is 11.5 Å². The second-order valence-corrected chi connectivity index (χ2v) is 5.24. The van der Waals surface area contributed by atoms with E-state index in [1.54, 1.807) is 0 Å². The molecule has 0 bridgehead atoms. The highest BCUT2D eigenvalue weighted by Crippen LogP contribution is 2.40. The van der Waals surface area contributed by atoms with Crippen LogP contribution in [0.1, 0.15) is 0 Å². The largest absolute Gasteiger partial charge is 0.462 e. The average molecular weight is 330 g/mol. The Kier molecular flexibility index (Phi) is 2.92. The number of nitrogens with zero attached hydrogens (tertiary/aromatic N) is 2. The molecule has 10 nitrogen and oxygen atoms in total. The molecule has 0 saturated heterocycles. The lowest BCUT2D eigenvalue weighted by molar-refractivity contribution is -0.385. The van der Waals surface area contributed by atoms with Gasteiger partial charge in [0, 0.05) is 24.3 Å². The van der Waals surface area contributed by atoms with Gasteiger partial charge in [0.15, 0.2) is 0 Å². The molecule has 0 amide bonds. The minimum Gasteiger partial charge on any atom is -0.462 e. The summed E-state index contributed by atoms with van der Waals surface area (Å²) in [7, 11) is 0. The van der Waals surface area contributed by atoms with E-state index in [1.165, 1.54) is 36.4 Å². The van der Waals surface area contributed by atoms with E-state index in [-0.39, 0.29) is 11.4 Å². The monoisotopic (exact) mass is 330 g/mol. The zero-order valence-electron chi connectivity index (χ0n) is 12.0. The smallest absolute Gasteiger partial charge is 0.271 e. The second kappa shape index (κ2) is 4.98. The van der Waals surface area contributed by atoms with Crippen LogP contribution in [0.4, 0.5) is 22.7 Å². The van der Waals surface area contributed by atoms with Crippen LogP contribution in [0.25, 0.3) is 0 Å². The van der Waals surface area contributed by atoms with E-state index in [1.807, 2.05) is 0 Å². The molecule has 2 aromatic rings. The quantitative estimate of drug-likeness (QED) is 0.634. The number of rotatable bonds is 2. The van der Waals surface area contributed by atoms with Crippen molar-refractivity contribution in [3.8, 4) is 11.5 Å². The van der Waals surface area contributed by atoms with Crippen molar-refractivity contribution >= 4 is 22.7 Å². The first-order valence-corrected chi connectivity index (χ1v) is 6.94. The summed E-state index contributed by atoms with van der Waals surface area (Å²) in [6.45, 7) is 0. The normalized spacial score (nSPS) is 20.0. The van der Waals surface area contributed by atoms with Crippen LogP contribution < -0.4 is 20.1 Å². The fourth-order valence-corrected chi connectivity index (χ4v) is 2.61. The van der Waals surface area contributed by atoms with Gasteiger partial charge >= 0.3 is 0 Å². The summed E-state index contributed by atoms with van der Waals surface area (Å²) in [6.07, 6.45) is -1.26. The maximum absolute atomic E-state index is 10.9. The SMILES string of the molecule is O=[N+]([O-])c1ccc2c(c1)N[C@@H]1Oc3ccc([N+](=O)[O-])cc3N[C@@H]1O2. The van der Waals surface area contributed by atoms with Crippen LogP contribution >= 0.6 is 0 Å². The van der Waals surface area contributed by atoms with E-state index in [9.17, 15) is 20.2 Å². The number of nitrogens with one attached hydrogen (secondary N) is 2. The number of hydrogen-bond acceptors (Lipinski definition) is 8. The Labute approximate surface area is 134 Å². The molecular formula is C14H10N4O6. The fraction of sp³-hybridized carbons (Fsp3) is 0.143. The summed E-state index contributed by atoms with van der Waals surface area (Å²) in [4.78, 5) is 20.7. The van der Waals surface area contributed by atoms with Gasteiger partial charge in [-0.25, -0.2) is 0 Å². The van der Waals surface area contributed by atoms with Gasteiger partial charge in [-0.3, -0.25) is 20.2 Å². The molecule has 2 heterocycles. The molecule has 2 aliphatic rings. The van der Waals surface area contributed by atoms with Crippen molar-refractivity contribution in [2.75, 3.05) is 10.6 Å². The molecule has 0 spiro atoms. The second-order valence-electron chi connectivity index (χ2n) is 5.24. The number of nitro benzene ring substituents is 2. The van der Waals surface area contributed by atoms with Gasteiger partial charge in [0.25, 0.3) is 11.4 Å². The predicted octanol–water partition coefficient (Wildman–Crippen LogP) is 2.46. The topological polar surface area (TPSA) is 129 Å². The maximum Gasteiger partial charge on any atom is 0.271 e. The number of fused-ring (bicyclic) bond motifs is 3. The number of non-ortho nitro benzene ring substituents is 2. The standard InChI is InChI=1S/C14H10N4O6/c19-17(20)7-1-3-11-9(5-7)15-14-13(23-11)16-10-6-8(18(21)22)2-4-12(10)24-14/h1-6,13-16H/t13-,14-/m1/s1. The first-order chi connectivity index (χ1) is 11.5. The molecule has 0 radical (unpaired) electrons. The minimum atomic E-state index is -0.631. The molecule has 10 heteroatoms. The van der Waals surface area contributed by atoms with Crippen molar-refractivity contribution in [2.45, 2.75) is 12.5 Å². The molecule has 0 saturated carbocycles. The zero-order valence-corrected chi connectivity index (χ0v) is 12.0. The third kappa shape index (κ3) is 2.20. The Morgan fingerprint density at radius 3 is 1.58 bits per heavy atom. The number of hydrogen-bond donors (Lipinski definition) is 2. The molecule has 2 aliphatic heterocycles. The Morgan fingerprint density at radius 2 is 1.21 bits per heavy atom. The molecule has 4 rings (SSSR count). The first kappa shape index (κ1) is 14.1. The zero-order chi connectivity index (χ0) is 16.8. The molecule has 122 valence electrons. The molecule has 24 heavy (non-hydrogen) atoms. The summed E-state index contributed by atoms with van der Waals surface area (Å²) < 4.78 is 11.5. The van der Waals surface area contributed by atoms with Crippen molar-refractivity contribution in [3.05, 3.63) is 56.6 Å². The third-order valence-electron chi connectivity index (χ3n) is 3.73. The highest BCUT2D eigenvalue weighted by Gasteiger charge is 2.36. The van der Waals surface area contributed by atoms with Crippen molar-refractivity contribution in [1.82, 2.24) is 0 Å². The first-order valence-electron chi connectivity index (χ1n) is 6.94. The van der Waals surface area contributed by atoms with E-state index in [4.69, 9.17) is 9.47 Å². The van der Waals surface area contributed by atoms with Gasteiger partial charge in [-0.15, -0.1) is 0 Å². The molecular weight excluding hydrogens is 320 g/mol. The summed E-state index contributed by atoms with van der Waals surface area (Å²) in [5, 5.41) is 27.8. The van der Waals surface area contributed by atoms with Gasteiger partial charge in [0.2, 0.25) is 12.5 Å². The van der Waals surface area contributed by atoms with Crippen molar-refractivity contribution in [2.24, 2.45) is 0 Å². The lowest BCUT2D eigenvalue weighted by Crippen LogP contribution is -2.52. The fourth-order valence-electron chi connectivity index (χ4n) is 2.61. The highest BCUT2D eigenvalue weighted by atomic mass is 16.6. The van der Waals surface area contributed by atoms with Crippen LogP contribution in [-0.4, -0.2) is 22.3 Å². The van der Waals surface area contributed by atoms with Crippen LogP contribution in [0.2, 0.25) is 0 Å². The Morgan fingerprint density at radius 1 is 0.792 bits per heavy atom. The molecule has 0 aliphatic carbocycles. The van der Waals surface area contributed by atoms with E-state index < -0.39 is 22.3 Å². The van der Waals surface area contributed by atoms with Gasteiger partial charge in [0.05, 0.1) is 21.2 Å². The van der Waals surface area contributed by atoms with Gasteiger partial charge < -0.3 is 20.1 Å². The minimum absolute atomic E-state index is 0.0666. The summed E-state index contributed by atoms with van der Waals surface area (Å²) >= 11 is 0. The molecule has 0 aromatic heterocycles. The van der Waals surface area contributed by atoms with Crippen LogP contribution in [-0.2, 0) is 0 Å². The third-order valence-corrected chi connectivity index (χ3v) is 3.73. The predicted molar refractivity (Wildman–Crippen MR) is 82.3 cm³/mol. The Balaban J connectivity index is 1.64. The van der Waals surface area contributed by atoms with E-state index in [0.29, 0.717) is 22.9 Å². The lowest BCUT2D eigenvalue weighted by Gasteiger charge is -2.39. The van der Waals surface area contributed by atoms with Crippen molar-refractivity contribution < 1.29 is 19.3 Å². The lowest BCUT2D eigenvalue weighted by atomic mass is 10.2. The van der Waals surface area contributed by atoms with Gasteiger partial charge in [-0.2, -0.15) is 0 Å². The average Bonchev–Trinajstić information content (AvgIpc) is 2.56. The highest BCUT2D eigenvalue weighted by molar-refractivity contribution is 5.67. The van der Waals surface area contributed by atoms with E-state index >= 15 is 0 Å². The Hall–Kier alpha value is -3.56. The van der Waals surface area contributed by atoms with Crippen LogP contribution in [0.15, 0.2) is 36.4 Å². The van der Waals surface area contributed by atoms with Crippen LogP contribution in [0.3, 0.4) is 0 Å². The number of nitro groups is 2. The number of ether oxygens (including phenoxy) is 2. The van der Waals surface area contributed by atoms with Crippen LogP contribution in [0, 0.1) is 20.2 Å². The number of anilines is 2. The molecule has 2 aromatic carbocycles. The molecule has 2 atom stereocenters. The summed E-state index contributed by atoms with van der Waals surface area (Å²) in [5.74, 6) is 0.846. The van der Waals surface area contributed by atoms with E-state index in [2.05, 4.69) is 10.6 Å². The molecule has 0 unspecified atom stereocenters. The summed E-state index contributed by atoms with van der Waals surface area (Å²) in [5.41, 5.74) is 0.751. The van der Waals surface area contributed by atoms with Gasteiger partial charge in [-0.1, -0.05) is 0 Å². The maximum atomic E-state index is 10.9. The van der Waals surface area contributed by atoms with Crippen molar-refractivity contribution in [1.29, 1.82) is 0 Å².